The van der Waals surface area contributed by atoms with Crippen molar-refractivity contribution in [3.8, 4) is 0 Å². The zero-order chi connectivity index (χ0) is 13.0. The van der Waals surface area contributed by atoms with E-state index >= 15 is 0 Å². The molecule has 0 saturated heterocycles. The summed E-state index contributed by atoms with van der Waals surface area (Å²) in [6.07, 6.45) is 6.19. The molecule has 1 fully saturated rings. The lowest BCUT2D eigenvalue weighted by Gasteiger charge is -2.31. The van der Waals surface area contributed by atoms with Crippen molar-refractivity contribution in [1.29, 1.82) is 0 Å². The first-order valence-electron chi connectivity index (χ1n) is 6.65. The molecule has 6 heteroatoms. The Kier molecular flexibility index (Phi) is 8.78. The summed E-state index contributed by atoms with van der Waals surface area (Å²) in [5.41, 5.74) is 7.21. The molecule has 0 spiro atoms. The van der Waals surface area contributed by atoms with Crippen molar-refractivity contribution in [2.75, 3.05) is 6.54 Å². The minimum atomic E-state index is -0.0709. The van der Waals surface area contributed by atoms with Crippen LogP contribution in [0.5, 0.6) is 0 Å². The van der Waals surface area contributed by atoms with Crippen LogP contribution in [0.15, 0.2) is 18.3 Å². The Morgan fingerprint density at radius 3 is 2.75 bits per heavy atom. The molecule has 0 bridgehead atoms. The van der Waals surface area contributed by atoms with E-state index in [2.05, 4.69) is 10.3 Å². The van der Waals surface area contributed by atoms with Crippen LogP contribution in [-0.4, -0.2) is 23.5 Å². The molecular formula is C14H23Cl2N3O. The Hall–Kier alpha value is -0.840. The molecule has 114 valence electrons. The van der Waals surface area contributed by atoms with Gasteiger partial charge in [0.25, 0.3) is 5.91 Å². The predicted octanol–water partition coefficient (Wildman–Crippen LogP) is 2.48. The van der Waals surface area contributed by atoms with Crippen LogP contribution in [0.4, 0.5) is 0 Å². The van der Waals surface area contributed by atoms with Crippen molar-refractivity contribution in [3.05, 3.63) is 29.6 Å². The van der Waals surface area contributed by atoms with Crippen molar-refractivity contribution >= 4 is 30.7 Å². The second kappa shape index (κ2) is 9.16. The van der Waals surface area contributed by atoms with Crippen LogP contribution in [-0.2, 0) is 0 Å². The Balaban J connectivity index is 0.00000180. The van der Waals surface area contributed by atoms with Crippen molar-refractivity contribution in [1.82, 2.24) is 10.3 Å². The SMILES string of the molecule is Cc1cccnc1C(=O)NC1CCCCC1CN.Cl.Cl. The second-order valence-electron chi connectivity index (χ2n) is 5.03. The molecule has 4 nitrogen and oxygen atoms in total. The van der Waals surface area contributed by atoms with E-state index in [9.17, 15) is 4.79 Å². The third kappa shape index (κ3) is 4.62. The molecule has 0 aliphatic heterocycles. The number of rotatable bonds is 3. The highest BCUT2D eigenvalue weighted by molar-refractivity contribution is 5.93. The summed E-state index contributed by atoms with van der Waals surface area (Å²) < 4.78 is 0. The summed E-state index contributed by atoms with van der Waals surface area (Å²) in [4.78, 5) is 16.3. The number of carbonyl (C=O) groups is 1. The van der Waals surface area contributed by atoms with Crippen LogP contribution >= 0.6 is 24.8 Å². The summed E-state index contributed by atoms with van der Waals surface area (Å²) in [6, 6.07) is 3.95. The number of pyridine rings is 1. The molecule has 2 unspecified atom stereocenters. The highest BCUT2D eigenvalue weighted by Crippen LogP contribution is 2.23. The highest BCUT2D eigenvalue weighted by atomic mass is 35.5. The van der Waals surface area contributed by atoms with Crippen molar-refractivity contribution < 1.29 is 4.79 Å². The molecule has 1 aromatic heterocycles. The second-order valence-corrected chi connectivity index (χ2v) is 5.03. The van der Waals surface area contributed by atoms with Gasteiger partial charge in [-0.25, -0.2) is 0 Å². The van der Waals surface area contributed by atoms with Crippen LogP contribution in [0.2, 0.25) is 0 Å². The molecule has 1 amide bonds. The van der Waals surface area contributed by atoms with E-state index in [-0.39, 0.29) is 36.8 Å². The van der Waals surface area contributed by atoms with Gasteiger partial charge in [-0.05, 0) is 43.9 Å². The number of halogens is 2. The van der Waals surface area contributed by atoms with Crippen LogP contribution in [0.1, 0.15) is 41.7 Å². The smallest absolute Gasteiger partial charge is 0.270 e. The number of nitrogens with two attached hydrogens (primary N) is 1. The quantitative estimate of drug-likeness (QED) is 0.899. The fraction of sp³-hybridized carbons (Fsp3) is 0.571. The van der Waals surface area contributed by atoms with Crippen LogP contribution in [0.3, 0.4) is 0 Å². The molecule has 0 aromatic carbocycles. The minimum Gasteiger partial charge on any atom is -0.348 e. The van der Waals surface area contributed by atoms with E-state index in [0.717, 1.165) is 18.4 Å². The summed E-state index contributed by atoms with van der Waals surface area (Å²) >= 11 is 0. The summed E-state index contributed by atoms with van der Waals surface area (Å²) in [5, 5.41) is 3.10. The van der Waals surface area contributed by atoms with Crippen molar-refractivity contribution in [2.24, 2.45) is 11.7 Å². The number of carbonyl (C=O) groups excluding carboxylic acids is 1. The molecule has 1 aliphatic rings. The van der Waals surface area contributed by atoms with E-state index in [1.165, 1.54) is 12.8 Å². The van der Waals surface area contributed by atoms with Crippen LogP contribution < -0.4 is 11.1 Å². The molecule has 2 atom stereocenters. The fourth-order valence-electron chi connectivity index (χ4n) is 2.64. The Morgan fingerprint density at radius 1 is 1.40 bits per heavy atom. The van der Waals surface area contributed by atoms with Gasteiger partial charge in [-0.15, -0.1) is 24.8 Å². The molecule has 2 rings (SSSR count). The lowest BCUT2D eigenvalue weighted by molar-refractivity contribution is 0.0902. The summed E-state index contributed by atoms with van der Waals surface area (Å²) in [5.74, 6) is 0.338. The molecule has 0 radical (unpaired) electrons. The summed E-state index contributed by atoms with van der Waals surface area (Å²) in [6.45, 7) is 2.55. The van der Waals surface area contributed by atoms with Gasteiger partial charge in [-0.3, -0.25) is 9.78 Å². The van der Waals surface area contributed by atoms with Crippen LogP contribution in [0.25, 0.3) is 0 Å². The van der Waals surface area contributed by atoms with Gasteiger partial charge in [-0.2, -0.15) is 0 Å². The molecule has 1 aromatic rings. The third-order valence-corrected chi connectivity index (χ3v) is 3.75. The first kappa shape index (κ1) is 19.2. The van der Waals surface area contributed by atoms with Crippen LogP contribution in [0, 0.1) is 12.8 Å². The molecule has 1 heterocycles. The van der Waals surface area contributed by atoms with Crippen molar-refractivity contribution in [3.63, 3.8) is 0 Å². The van der Waals surface area contributed by atoms with Gasteiger partial charge < -0.3 is 11.1 Å². The number of hydrogen-bond donors (Lipinski definition) is 2. The largest absolute Gasteiger partial charge is 0.348 e. The number of nitrogens with zero attached hydrogens (tertiary/aromatic N) is 1. The maximum absolute atomic E-state index is 12.2. The van der Waals surface area contributed by atoms with Gasteiger partial charge in [0, 0.05) is 12.2 Å². The van der Waals surface area contributed by atoms with E-state index < -0.39 is 0 Å². The third-order valence-electron chi connectivity index (χ3n) is 3.75. The first-order chi connectivity index (χ1) is 8.72. The zero-order valence-corrected chi connectivity index (χ0v) is 13.3. The topological polar surface area (TPSA) is 68.0 Å². The standard InChI is InChI=1S/C14H21N3O.2ClH/c1-10-5-4-8-16-13(10)14(18)17-12-7-3-2-6-11(12)9-15;;/h4-5,8,11-12H,2-3,6-7,9,15H2,1H3,(H,17,18);2*1H. The number of aryl methyl sites for hydroxylation is 1. The van der Waals surface area contributed by atoms with E-state index in [0.29, 0.717) is 18.2 Å². The number of aromatic nitrogens is 1. The van der Waals surface area contributed by atoms with Crippen molar-refractivity contribution in [2.45, 2.75) is 38.6 Å². The normalized spacial score (nSPS) is 21.3. The van der Waals surface area contributed by atoms with Gasteiger partial charge >= 0.3 is 0 Å². The van der Waals surface area contributed by atoms with Gasteiger partial charge in [0.2, 0.25) is 0 Å². The molecule has 1 saturated carbocycles. The first-order valence-corrected chi connectivity index (χ1v) is 6.65. The zero-order valence-electron chi connectivity index (χ0n) is 11.7. The maximum Gasteiger partial charge on any atom is 0.270 e. The molecule has 20 heavy (non-hydrogen) atoms. The predicted molar refractivity (Wildman–Crippen MR) is 85.7 cm³/mol. The highest BCUT2D eigenvalue weighted by Gasteiger charge is 2.26. The monoisotopic (exact) mass is 319 g/mol. The molecular weight excluding hydrogens is 297 g/mol. The lowest BCUT2D eigenvalue weighted by atomic mass is 9.84. The lowest BCUT2D eigenvalue weighted by Crippen LogP contribution is -2.45. The number of nitrogens with one attached hydrogen (secondary N) is 1. The maximum atomic E-state index is 12.2. The molecule has 1 aliphatic carbocycles. The Labute approximate surface area is 132 Å². The number of hydrogen-bond acceptors (Lipinski definition) is 3. The Bertz CT molecular complexity index is 429. The minimum absolute atomic E-state index is 0. The van der Waals surface area contributed by atoms with E-state index in [1.54, 1.807) is 6.20 Å². The van der Waals surface area contributed by atoms with Gasteiger partial charge in [0.15, 0.2) is 0 Å². The average molecular weight is 320 g/mol. The fourth-order valence-corrected chi connectivity index (χ4v) is 2.64. The number of amides is 1. The molecule has 3 N–H and O–H groups in total. The van der Waals surface area contributed by atoms with E-state index in [4.69, 9.17) is 5.73 Å². The Morgan fingerprint density at radius 2 is 2.10 bits per heavy atom. The van der Waals surface area contributed by atoms with Gasteiger partial charge in [0.1, 0.15) is 5.69 Å². The summed E-state index contributed by atoms with van der Waals surface area (Å²) in [7, 11) is 0. The van der Waals surface area contributed by atoms with Gasteiger partial charge in [-0.1, -0.05) is 18.9 Å². The average Bonchev–Trinajstić information content (AvgIpc) is 2.39. The van der Waals surface area contributed by atoms with Gasteiger partial charge in [0.05, 0.1) is 0 Å². The van der Waals surface area contributed by atoms with E-state index in [1.807, 2.05) is 19.1 Å².